The molecule has 4 rings (SSSR count). The third kappa shape index (κ3) is 2.71. The van der Waals surface area contributed by atoms with Crippen LogP contribution < -0.4 is 5.73 Å². The summed E-state index contributed by atoms with van der Waals surface area (Å²) in [5.41, 5.74) is 6.31. The lowest BCUT2D eigenvalue weighted by molar-refractivity contribution is -0.148. The van der Waals surface area contributed by atoms with Gasteiger partial charge in [-0.3, -0.25) is 9.59 Å². The van der Waals surface area contributed by atoms with E-state index >= 15 is 0 Å². The number of carbonyl (C=O) groups is 2. The second-order valence-electron chi connectivity index (χ2n) is 8.44. The standard InChI is InChI=1S/C20H25N3O2S/c1-19(2)11-20(18(21)25)12-23(10-15(19)20)17(24)9-5-8-16-22-13-6-3-4-7-14(13)26-16/h3-4,6-7,15H,5,8-12H2,1-2H3,(H2,21,25)/t15-,20+/m1/s1. The van der Waals surface area contributed by atoms with E-state index in [9.17, 15) is 9.59 Å². The Morgan fingerprint density at radius 3 is 2.77 bits per heavy atom. The average molecular weight is 372 g/mol. The molecule has 5 nitrogen and oxygen atoms in total. The number of hydrogen-bond acceptors (Lipinski definition) is 4. The zero-order valence-electron chi connectivity index (χ0n) is 15.3. The van der Waals surface area contributed by atoms with Crippen LogP contribution in [0, 0.1) is 16.7 Å². The van der Waals surface area contributed by atoms with Crippen molar-refractivity contribution in [3.05, 3.63) is 29.3 Å². The molecule has 1 aliphatic carbocycles. The lowest BCUT2D eigenvalue weighted by Gasteiger charge is -2.54. The summed E-state index contributed by atoms with van der Waals surface area (Å²) in [7, 11) is 0. The number of thiazole rings is 1. The molecule has 2 N–H and O–H groups in total. The van der Waals surface area contributed by atoms with E-state index in [1.807, 2.05) is 23.1 Å². The predicted molar refractivity (Wildman–Crippen MR) is 103 cm³/mol. The molecule has 1 aromatic heterocycles. The van der Waals surface area contributed by atoms with Gasteiger partial charge < -0.3 is 10.6 Å². The van der Waals surface area contributed by atoms with Crippen LogP contribution in [0.1, 0.15) is 38.1 Å². The van der Waals surface area contributed by atoms with E-state index < -0.39 is 5.41 Å². The maximum absolute atomic E-state index is 12.7. The normalized spacial score (nSPS) is 26.5. The fraction of sp³-hybridized carbons (Fsp3) is 0.550. The number of aromatic nitrogens is 1. The number of nitrogens with two attached hydrogens (primary N) is 1. The zero-order chi connectivity index (χ0) is 18.5. The monoisotopic (exact) mass is 371 g/mol. The lowest BCUT2D eigenvalue weighted by Crippen LogP contribution is -2.59. The first kappa shape index (κ1) is 17.5. The van der Waals surface area contributed by atoms with E-state index in [-0.39, 0.29) is 23.1 Å². The highest BCUT2D eigenvalue weighted by atomic mass is 32.1. The van der Waals surface area contributed by atoms with E-state index in [0.29, 0.717) is 19.5 Å². The fourth-order valence-electron chi connectivity index (χ4n) is 4.99. The maximum atomic E-state index is 12.7. The number of amides is 2. The molecule has 1 aliphatic heterocycles. The Labute approximate surface area is 157 Å². The van der Waals surface area contributed by atoms with Crippen molar-refractivity contribution < 1.29 is 9.59 Å². The molecule has 1 aromatic carbocycles. The van der Waals surface area contributed by atoms with Crippen molar-refractivity contribution in [3.8, 4) is 0 Å². The number of benzene rings is 1. The Kier molecular flexibility index (Phi) is 4.06. The van der Waals surface area contributed by atoms with Crippen LogP contribution >= 0.6 is 11.3 Å². The molecule has 2 aliphatic rings. The van der Waals surface area contributed by atoms with Gasteiger partial charge in [-0.05, 0) is 42.7 Å². The molecule has 2 atom stereocenters. The van der Waals surface area contributed by atoms with Gasteiger partial charge in [0.05, 0.1) is 20.6 Å². The summed E-state index contributed by atoms with van der Waals surface area (Å²) in [6, 6.07) is 8.11. The van der Waals surface area contributed by atoms with Gasteiger partial charge in [0, 0.05) is 19.5 Å². The van der Waals surface area contributed by atoms with Crippen molar-refractivity contribution in [2.24, 2.45) is 22.5 Å². The summed E-state index contributed by atoms with van der Waals surface area (Å²) in [5.74, 6) is 0.0873. The number of hydrogen-bond donors (Lipinski definition) is 1. The number of para-hydroxylation sites is 1. The molecule has 26 heavy (non-hydrogen) atoms. The minimum absolute atomic E-state index is 0.0883. The first-order valence-electron chi connectivity index (χ1n) is 9.24. The van der Waals surface area contributed by atoms with Crippen LogP contribution in [0.15, 0.2) is 24.3 Å². The number of aryl methyl sites for hydroxylation is 1. The highest BCUT2D eigenvalue weighted by molar-refractivity contribution is 7.18. The Balaban J connectivity index is 1.35. The molecule has 0 unspecified atom stereocenters. The van der Waals surface area contributed by atoms with Crippen LogP contribution in [0.4, 0.5) is 0 Å². The van der Waals surface area contributed by atoms with Gasteiger partial charge in [-0.15, -0.1) is 11.3 Å². The lowest BCUT2D eigenvalue weighted by atomic mass is 9.48. The van der Waals surface area contributed by atoms with Crippen LogP contribution in [0.3, 0.4) is 0 Å². The van der Waals surface area contributed by atoms with Gasteiger partial charge in [0.1, 0.15) is 0 Å². The minimum atomic E-state index is -0.494. The predicted octanol–water partition coefficient (Wildman–Crippen LogP) is 2.98. The van der Waals surface area contributed by atoms with Gasteiger partial charge >= 0.3 is 0 Å². The van der Waals surface area contributed by atoms with Crippen LogP contribution in [0.2, 0.25) is 0 Å². The van der Waals surface area contributed by atoms with E-state index in [1.165, 1.54) is 4.70 Å². The minimum Gasteiger partial charge on any atom is -0.369 e. The Morgan fingerprint density at radius 2 is 2.12 bits per heavy atom. The van der Waals surface area contributed by atoms with Gasteiger partial charge in [-0.25, -0.2) is 4.98 Å². The maximum Gasteiger partial charge on any atom is 0.225 e. The van der Waals surface area contributed by atoms with E-state index in [4.69, 9.17) is 5.73 Å². The highest BCUT2D eigenvalue weighted by Gasteiger charge is 2.66. The van der Waals surface area contributed by atoms with Gasteiger partial charge in [0.15, 0.2) is 0 Å². The van der Waals surface area contributed by atoms with Crippen LogP contribution in [-0.4, -0.2) is 34.8 Å². The number of fused-ring (bicyclic) bond motifs is 2. The highest BCUT2D eigenvalue weighted by Crippen LogP contribution is 2.62. The molecule has 6 heteroatoms. The Morgan fingerprint density at radius 1 is 1.35 bits per heavy atom. The second-order valence-corrected chi connectivity index (χ2v) is 9.56. The average Bonchev–Trinajstić information content (AvgIpc) is 3.14. The van der Waals surface area contributed by atoms with Crippen molar-refractivity contribution in [2.75, 3.05) is 13.1 Å². The summed E-state index contributed by atoms with van der Waals surface area (Å²) in [6.45, 7) is 5.49. The van der Waals surface area contributed by atoms with E-state index in [2.05, 4.69) is 24.9 Å². The van der Waals surface area contributed by atoms with Crippen LogP contribution in [0.25, 0.3) is 10.2 Å². The van der Waals surface area contributed by atoms with Crippen molar-refractivity contribution in [1.82, 2.24) is 9.88 Å². The molecule has 2 heterocycles. The fourth-order valence-corrected chi connectivity index (χ4v) is 6.00. The summed E-state index contributed by atoms with van der Waals surface area (Å²) in [4.78, 5) is 31.2. The third-order valence-corrected chi connectivity index (χ3v) is 7.32. The number of rotatable bonds is 5. The topological polar surface area (TPSA) is 76.3 Å². The first-order valence-corrected chi connectivity index (χ1v) is 10.1. The second kappa shape index (κ2) is 6.05. The Hall–Kier alpha value is -1.95. The van der Waals surface area contributed by atoms with E-state index in [1.54, 1.807) is 11.3 Å². The molecular formula is C20H25N3O2S. The molecular weight excluding hydrogens is 346 g/mol. The number of nitrogens with zero attached hydrogens (tertiary/aromatic N) is 2. The largest absolute Gasteiger partial charge is 0.369 e. The van der Waals surface area contributed by atoms with Gasteiger partial charge in [-0.1, -0.05) is 26.0 Å². The summed E-state index contributed by atoms with van der Waals surface area (Å²) in [5, 5.41) is 1.08. The van der Waals surface area contributed by atoms with Crippen molar-refractivity contribution in [3.63, 3.8) is 0 Å². The molecule has 0 radical (unpaired) electrons. The summed E-state index contributed by atoms with van der Waals surface area (Å²) < 4.78 is 1.19. The SMILES string of the molecule is CC1(C)C[C@]2(C(N)=O)CN(C(=O)CCCc3nc4ccccc4s3)C[C@H]12. The van der Waals surface area contributed by atoms with Crippen LogP contribution in [-0.2, 0) is 16.0 Å². The molecule has 1 saturated heterocycles. The molecule has 0 bridgehead atoms. The number of likely N-dealkylation sites (tertiary alicyclic amines) is 1. The number of primary amides is 1. The number of carbonyl (C=O) groups excluding carboxylic acids is 2. The summed E-state index contributed by atoms with van der Waals surface area (Å²) >= 11 is 1.70. The van der Waals surface area contributed by atoms with Crippen molar-refractivity contribution in [1.29, 1.82) is 0 Å². The smallest absolute Gasteiger partial charge is 0.225 e. The van der Waals surface area contributed by atoms with Gasteiger partial charge in [0.2, 0.25) is 11.8 Å². The zero-order valence-corrected chi connectivity index (χ0v) is 16.1. The molecule has 138 valence electrons. The first-order chi connectivity index (χ1) is 12.3. The molecule has 1 saturated carbocycles. The molecule has 0 spiro atoms. The molecule has 2 fully saturated rings. The molecule has 2 aromatic rings. The van der Waals surface area contributed by atoms with E-state index in [0.717, 1.165) is 29.8 Å². The quantitative estimate of drug-likeness (QED) is 0.878. The molecule has 2 amide bonds. The summed E-state index contributed by atoms with van der Waals surface area (Å²) in [6.07, 6.45) is 2.88. The van der Waals surface area contributed by atoms with Gasteiger partial charge in [-0.2, -0.15) is 0 Å². The third-order valence-electron chi connectivity index (χ3n) is 6.22. The Bertz CT molecular complexity index is 842. The van der Waals surface area contributed by atoms with Crippen LogP contribution in [0.5, 0.6) is 0 Å². The van der Waals surface area contributed by atoms with Crippen molar-refractivity contribution in [2.45, 2.75) is 39.5 Å². The van der Waals surface area contributed by atoms with Gasteiger partial charge in [0.25, 0.3) is 0 Å². The van der Waals surface area contributed by atoms with Crippen molar-refractivity contribution >= 4 is 33.4 Å².